The number of aliphatic hydroxyl groups excluding tert-OH is 1. The minimum atomic E-state index is -2.41. The minimum Gasteiger partial charge on any atom is -0.490 e. The molecule has 1 spiro atoms. The van der Waals surface area contributed by atoms with Gasteiger partial charge in [0.1, 0.15) is 5.75 Å². The average Bonchev–Trinajstić information content (AvgIpc) is 3.14. The van der Waals surface area contributed by atoms with Gasteiger partial charge < -0.3 is 29.9 Å². The molecule has 6 atom stereocenters. The summed E-state index contributed by atoms with van der Waals surface area (Å²) in [6.07, 6.45) is 8.34. The smallest absolute Gasteiger partial charge is 0.340 e. The van der Waals surface area contributed by atoms with Gasteiger partial charge in [-0.15, -0.1) is 13.2 Å². The Morgan fingerprint density at radius 3 is 2.67 bits per heavy atom. The van der Waals surface area contributed by atoms with E-state index >= 15 is 0 Å². The first kappa shape index (κ1) is 31.6. The third kappa shape index (κ3) is 5.77. The van der Waals surface area contributed by atoms with E-state index in [1.807, 2.05) is 12.1 Å². The van der Waals surface area contributed by atoms with Crippen LogP contribution in [-0.4, -0.2) is 70.5 Å². The predicted octanol–water partition coefficient (Wildman–Crippen LogP) is 5.23. The highest BCUT2D eigenvalue weighted by atomic mass is 35.5. The quantitative estimate of drug-likeness (QED) is 0.307. The molecule has 2 heterocycles. The van der Waals surface area contributed by atoms with E-state index in [-0.39, 0.29) is 28.9 Å². The Balaban J connectivity index is 1.37. The summed E-state index contributed by atoms with van der Waals surface area (Å²) in [5.41, 5.74) is 0.507. The third-order valence-corrected chi connectivity index (χ3v) is 11.0. The summed E-state index contributed by atoms with van der Waals surface area (Å²) in [6.45, 7) is 9.77. The van der Waals surface area contributed by atoms with Gasteiger partial charge in [-0.1, -0.05) is 35.9 Å². The molecule has 0 aromatic heterocycles. The zero-order valence-corrected chi connectivity index (χ0v) is 26.4. The number of rotatable bonds is 10. The fourth-order valence-electron chi connectivity index (χ4n) is 7.93. The molecule has 6 rings (SSSR count). The van der Waals surface area contributed by atoms with Crippen molar-refractivity contribution in [3.63, 3.8) is 0 Å². The van der Waals surface area contributed by atoms with Crippen molar-refractivity contribution in [3.05, 3.63) is 83.4 Å². The number of likely N-dealkylation sites (tertiary alicyclic amines) is 1. The van der Waals surface area contributed by atoms with Crippen molar-refractivity contribution in [2.75, 3.05) is 31.1 Å². The van der Waals surface area contributed by atoms with Crippen molar-refractivity contribution in [1.29, 1.82) is 0 Å². The largest absolute Gasteiger partial charge is 0.490 e. The summed E-state index contributed by atoms with van der Waals surface area (Å²) in [5.74, 6) is -0.982. The highest BCUT2D eigenvalue weighted by molar-refractivity contribution is 6.30. The van der Waals surface area contributed by atoms with E-state index in [1.165, 1.54) is 11.1 Å². The van der Waals surface area contributed by atoms with Crippen LogP contribution < -0.4 is 9.64 Å². The monoisotopic (exact) mass is 634 g/mol. The second-order valence-electron chi connectivity index (χ2n) is 13.4. The third-order valence-electron chi connectivity index (χ3n) is 10.8. The first-order valence-electron chi connectivity index (χ1n) is 16.1. The number of fused-ring (bicyclic) bond motifs is 3. The number of aryl methyl sites for hydroxylation is 1. The molecule has 1 saturated heterocycles. The topological polar surface area (TPSA) is 111 Å². The van der Waals surface area contributed by atoms with E-state index in [0.717, 1.165) is 38.5 Å². The predicted molar refractivity (Wildman–Crippen MR) is 174 cm³/mol. The number of carboxylic acid groups (broad SMARTS) is 1. The normalized spacial score (nSPS) is 27.4. The number of ether oxygens (including phenoxy) is 1. The molecular weight excluding hydrogens is 592 g/mol. The summed E-state index contributed by atoms with van der Waals surface area (Å²) < 4.78 is 6.55. The number of benzene rings is 2. The fraction of sp³-hybridized carbons (Fsp3) is 0.500. The summed E-state index contributed by atoms with van der Waals surface area (Å²) in [4.78, 5) is 29.8. The van der Waals surface area contributed by atoms with Crippen LogP contribution in [0.15, 0.2) is 61.7 Å². The molecule has 2 aliphatic carbocycles. The van der Waals surface area contributed by atoms with E-state index in [9.17, 15) is 24.9 Å². The fourth-order valence-corrected chi connectivity index (χ4v) is 8.12. The molecule has 2 aromatic carbocycles. The number of hydrogen-bond donors (Lipinski definition) is 3. The van der Waals surface area contributed by atoms with E-state index in [2.05, 4.69) is 24.1 Å². The maximum atomic E-state index is 13.3. The Labute approximate surface area is 269 Å². The van der Waals surface area contributed by atoms with Crippen LogP contribution in [0.4, 0.5) is 5.69 Å². The molecule has 4 aliphatic rings. The lowest BCUT2D eigenvalue weighted by atomic mass is 9.68. The lowest BCUT2D eigenvalue weighted by Gasteiger charge is -2.45. The molecule has 8 nitrogen and oxygen atoms in total. The Morgan fingerprint density at radius 1 is 1.18 bits per heavy atom. The van der Waals surface area contributed by atoms with Crippen LogP contribution in [-0.2, 0) is 27.0 Å². The van der Waals surface area contributed by atoms with Gasteiger partial charge in [0, 0.05) is 36.1 Å². The maximum absolute atomic E-state index is 13.3. The van der Waals surface area contributed by atoms with Crippen molar-refractivity contribution in [3.8, 4) is 5.75 Å². The molecule has 2 aliphatic heterocycles. The molecule has 0 unspecified atom stereocenters. The number of carboxylic acids is 1. The van der Waals surface area contributed by atoms with Crippen LogP contribution in [0.3, 0.4) is 0 Å². The van der Waals surface area contributed by atoms with Gasteiger partial charge in [-0.3, -0.25) is 4.79 Å². The lowest BCUT2D eigenvalue weighted by Crippen LogP contribution is -2.53. The van der Waals surface area contributed by atoms with Crippen molar-refractivity contribution in [2.45, 2.75) is 74.5 Å². The van der Waals surface area contributed by atoms with E-state index in [4.69, 9.17) is 16.3 Å². The number of nitrogens with zero attached hydrogens (tertiary/aromatic N) is 2. The SMILES string of the molecule is C=CC[C@H]1CCN1C(=O)C[C@@](O)(C(=O)O)c1ccc2c(c1)N(C[C@@H]1CC[C@H]1[C@@H](O)C=C)C[C@@]1(CCCc3cc(Cl)ccc31)CO2. The molecule has 3 N–H and O–H groups in total. The van der Waals surface area contributed by atoms with E-state index in [1.54, 1.807) is 35.3 Å². The second-order valence-corrected chi connectivity index (χ2v) is 13.8. The second kappa shape index (κ2) is 12.5. The molecule has 240 valence electrons. The summed E-state index contributed by atoms with van der Waals surface area (Å²) in [5, 5.41) is 33.3. The van der Waals surface area contributed by atoms with Crippen LogP contribution in [0, 0.1) is 11.8 Å². The van der Waals surface area contributed by atoms with Gasteiger partial charge in [-0.05, 0) is 97.7 Å². The summed E-state index contributed by atoms with van der Waals surface area (Å²) in [6, 6.07) is 11.0. The van der Waals surface area contributed by atoms with Gasteiger partial charge in [0.15, 0.2) is 5.60 Å². The van der Waals surface area contributed by atoms with Gasteiger partial charge in [-0.2, -0.15) is 0 Å². The van der Waals surface area contributed by atoms with Crippen LogP contribution in [0.25, 0.3) is 0 Å². The zero-order valence-electron chi connectivity index (χ0n) is 25.7. The van der Waals surface area contributed by atoms with Gasteiger partial charge in [0.2, 0.25) is 5.91 Å². The zero-order chi connectivity index (χ0) is 31.9. The number of carbonyl (C=O) groups is 2. The van der Waals surface area contributed by atoms with Gasteiger partial charge in [0.05, 0.1) is 24.8 Å². The minimum absolute atomic E-state index is 0.0187. The van der Waals surface area contributed by atoms with Crippen LogP contribution in [0.1, 0.15) is 61.6 Å². The Kier molecular flexibility index (Phi) is 8.76. The lowest BCUT2D eigenvalue weighted by molar-refractivity contribution is -0.166. The standard InChI is InChI=1S/C36H43ClN2O6/c1-3-6-27-14-16-39(27)33(41)19-36(44,34(42)43)25-9-13-32-30(18-25)38(20-24-8-11-28(24)31(40)4-2)21-35(22-45-32)15-5-7-23-17-26(37)10-12-29(23)35/h3-4,9-10,12-13,17-18,24,27-28,31,40,44H,1-2,5-8,11,14-16,19-22H2,(H,42,43)/t24-,27-,28+,31-,35-,36-/m0/s1. The first-order chi connectivity index (χ1) is 21.6. The summed E-state index contributed by atoms with van der Waals surface area (Å²) in [7, 11) is 0. The number of halogens is 1. The van der Waals surface area contributed by atoms with E-state index < -0.39 is 30.0 Å². The van der Waals surface area contributed by atoms with Crippen molar-refractivity contribution < 1.29 is 29.6 Å². The van der Waals surface area contributed by atoms with E-state index in [0.29, 0.717) is 49.1 Å². The molecule has 2 fully saturated rings. The van der Waals surface area contributed by atoms with Gasteiger partial charge in [-0.25, -0.2) is 4.79 Å². The highest BCUT2D eigenvalue weighted by Crippen LogP contribution is 2.47. The number of amides is 1. The number of carbonyl (C=O) groups excluding carboxylic acids is 1. The molecule has 9 heteroatoms. The highest BCUT2D eigenvalue weighted by Gasteiger charge is 2.47. The molecule has 45 heavy (non-hydrogen) atoms. The van der Waals surface area contributed by atoms with Crippen LogP contribution in [0.2, 0.25) is 5.02 Å². The van der Waals surface area contributed by atoms with Crippen LogP contribution >= 0.6 is 11.6 Å². The van der Waals surface area contributed by atoms with Gasteiger partial charge in [0.25, 0.3) is 0 Å². The molecule has 0 bridgehead atoms. The molecule has 0 radical (unpaired) electrons. The summed E-state index contributed by atoms with van der Waals surface area (Å²) >= 11 is 6.39. The Morgan fingerprint density at radius 2 is 2.00 bits per heavy atom. The first-order valence-corrected chi connectivity index (χ1v) is 16.4. The maximum Gasteiger partial charge on any atom is 0.340 e. The molecule has 1 saturated carbocycles. The molecular formula is C36H43ClN2O6. The van der Waals surface area contributed by atoms with Crippen molar-refractivity contribution >= 4 is 29.2 Å². The molecule has 2 aromatic rings. The van der Waals surface area contributed by atoms with Crippen LogP contribution in [0.5, 0.6) is 5.75 Å². The Bertz CT molecular complexity index is 1500. The Hall–Kier alpha value is -3.33. The van der Waals surface area contributed by atoms with Crippen molar-refractivity contribution in [1.82, 2.24) is 4.90 Å². The number of aliphatic hydroxyl groups is 2. The van der Waals surface area contributed by atoms with Gasteiger partial charge >= 0.3 is 5.97 Å². The average molecular weight is 635 g/mol. The number of aliphatic carboxylic acids is 1. The number of anilines is 1. The number of hydrogen-bond acceptors (Lipinski definition) is 6. The molecule has 1 amide bonds. The van der Waals surface area contributed by atoms with Crippen molar-refractivity contribution in [2.24, 2.45) is 11.8 Å².